The SMILES string of the molecule is CCCNc1cc(OC(C)C)nc(C(F)(F)F)n1. The molecule has 1 N–H and O–H groups in total. The van der Waals surface area contributed by atoms with E-state index in [1.165, 1.54) is 6.07 Å². The smallest absolute Gasteiger partial charge is 0.451 e. The third-order valence-corrected chi connectivity index (χ3v) is 1.87. The van der Waals surface area contributed by atoms with Gasteiger partial charge in [-0.25, -0.2) is 4.98 Å². The van der Waals surface area contributed by atoms with Crippen LogP contribution in [0.2, 0.25) is 0 Å². The van der Waals surface area contributed by atoms with Gasteiger partial charge in [0.05, 0.1) is 6.10 Å². The highest BCUT2D eigenvalue weighted by Gasteiger charge is 2.35. The summed E-state index contributed by atoms with van der Waals surface area (Å²) in [5, 5.41) is 2.79. The van der Waals surface area contributed by atoms with E-state index in [1.54, 1.807) is 13.8 Å². The van der Waals surface area contributed by atoms with Crippen LogP contribution in [-0.2, 0) is 6.18 Å². The number of hydrogen-bond acceptors (Lipinski definition) is 4. The number of rotatable bonds is 5. The van der Waals surface area contributed by atoms with Crippen molar-refractivity contribution >= 4 is 5.82 Å². The molecule has 0 aliphatic heterocycles. The zero-order chi connectivity index (χ0) is 13.8. The Morgan fingerprint density at radius 3 is 2.50 bits per heavy atom. The van der Waals surface area contributed by atoms with Gasteiger partial charge in [0.2, 0.25) is 11.7 Å². The third kappa shape index (κ3) is 4.38. The lowest BCUT2D eigenvalue weighted by Gasteiger charge is -2.13. The van der Waals surface area contributed by atoms with Crippen LogP contribution in [0.4, 0.5) is 19.0 Å². The van der Waals surface area contributed by atoms with Crippen molar-refractivity contribution in [1.29, 1.82) is 0 Å². The number of alkyl halides is 3. The van der Waals surface area contributed by atoms with Crippen molar-refractivity contribution in [2.45, 2.75) is 39.5 Å². The average molecular weight is 263 g/mol. The van der Waals surface area contributed by atoms with Gasteiger partial charge < -0.3 is 10.1 Å². The highest BCUT2D eigenvalue weighted by molar-refractivity contribution is 5.38. The summed E-state index contributed by atoms with van der Waals surface area (Å²) in [5.74, 6) is -1.15. The van der Waals surface area contributed by atoms with Crippen molar-refractivity contribution in [2.24, 2.45) is 0 Å². The molecule has 0 fully saturated rings. The minimum atomic E-state index is -4.58. The monoisotopic (exact) mass is 263 g/mol. The Kier molecular flexibility index (Phi) is 4.75. The molecule has 18 heavy (non-hydrogen) atoms. The van der Waals surface area contributed by atoms with Crippen LogP contribution >= 0.6 is 0 Å². The van der Waals surface area contributed by atoms with Crippen molar-refractivity contribution in [3.05, 3.63) is 11.9 Å². The fourth-order valence-corrected chi connectivity index (χ4v) is 1.20. The molecule has 1 aromatic heterocycles. The Morgan fingerprint density at radius 1 is 1.33 bits per heavy atom. The summed E-state index contributed by atoms with van der Waals surface area (Å²) in [7, 11) is 0. The summed E-state index contributed by atoms with van der Waals surface area (Å²) in [6.45, 7) is 5.88. The number of ether oxygens (including phenoxy) is 1. The molecule has 1 heterocycles. The van der Waals surface area contributed by atoms with Crippen molar-refractivity contribution in [3.8, 4) is 5.88 Å². The molecule has 0 unspecified atom stereocenters. The van der Waals surface area contributed by atoms with Crippen LogP contribution in [0.3, 0.4) is 0 Å². The summed E-state index contributed by atoms with van der Waals surface area (Å²) >= 11 is 0. The molecule has 0 spiro atoms. The number of nitrogens with zero attached hydrogens (tertiary/aromatic N) is 2. The molecule has 0 saturated carbocycles. The van der Waals surface area contributed by atoms with E-state index in [0.717, 1.165) is 6.42 Å². The minimum absolute atomic E-state index is 0.0778. The van der Waals surface area contributed by atoms with Crippen molar-refractivity contribution in [2.75, 3.05) is 11.9 Å². The van der Waals surface area contributed by atoms with Crippen LogP contribution in [-0.4, -0.2) is 22.6 Å². The molecule has 1 aromatic rings. The topological polar surface area (TPSA) is 47.0 Å². The first-order chi connectivity index (χ1) is 8.32. The van der Waals surface area contributed by atoms with Gasteiger partial charge in [-0.1, -0.05) is 6.92 Å². The Labute approximate surface area is 104 Å². The van der Waals surface area contributed by atoms with Gasteiger partial charge in [0.1, 0.15) is 5.82 Å². The molecule has 4 nitrogen and oxygen atoms in total. The van der Waals surface area contributed by atoms with E-state index >= 15 is 0 Å². The van der Waals surface area contributed by atoms with Crippen molar-refractivity contribution in [3.63, 3.8) is 0 Å². The number of halogens is 3. The molecule has 0 bridgehead atoms. The molecule has 0 aliphatic rings. The van der Waals surface area contributed by atoms with Crippen LogP contribution in [0.1, 0.15) is 33.0 Å². The van der Waals surface area contributed by atoms with Gasteiger partial charge in [0, 0.05) is 12.6 Å². The van der Waals surface area contributed by atoms with Crippen LogP contribution in [0.25, 0.3) is 0 Å². The maximum Gasteiger partial charge on any atom is 0.451 e. The van der Waals surface area contributed by atoms with Gasteiger partial charge in [-0.15, -0.1) is 0 Å². The second kappa shape index (κ2) is 5.88. The molecule has 0 atom stereocenters. The van der Waals surface area contributed by atoms with Crippen LogP contribution < -0.4 is 10.1 Å². The van der Waals surface area contributed by atoms with E-state index in [0.29, 0.717) is 6.54 Å². The molecule has 0 amide bonds. The first kappa shape index (κ1) is 14.5. The first-order valence-electron chi connectivity index (χ1n) is 5.69. The summed E-state index contributed by atoms with van der Waals surface area (Å²) in [6.07, 6.45) is -4.05. The molecule has 1 rings (SSSR count). The number of anilines is 1. The highest BCUT2D eigenvalue weighted by atomic mass is 19.4. The summed E-state index contributed by atoms with van der Waals surface area (Å²) < 4.78 is 43.0. The largest absolute Gasteiger partial charge is 0.475 e. The summed E-state index contributed by atoms with van der Waals surface area (Å²) in [4.78, 5) is 6.78. The lowest BCUT2D eigenvalue weighted by Crippen LogP contribution is -2.16. The highest BCUT2D eigenvalue weighted by Crippen LogP contribution is 2.29. The predicted molar refractivity (Wildman–Crippen MR) is 61.6 cm³/mol. The number of nitrogens with one attached hydrogen (secondary N) is 1. The minimum Gasteiger partial charge on any atom is -0.475 e. The lowest BCUT2D eigenvalue weighted by molar-refractivity contribution is -0.145. The second-order valence-electron chi connectivity index (χ2n) is 4.01. The summed E-state index contributed by atoms with van der Waals surface area (Å²) in [6, 6.07) is 1.37. The van der Waals surface area contributed by atoms with Crippen LogP contribution in [0.5, 0.6) is 5.88 Å². The van der Waals surface area contributed by atoms with E-state index in [2.05, 4.69) is 15.3 Å². The predicted octanol–water partition coefficient (Wildman–Crippen LogP) is 3.10. The van der Waals surface area contributed by atoms with E-state index in [-0.39, 0.29) is 17.8 Å². The van der Waals surface area contributed by atoms with Crippen LogP contribution in [0.15, 0.2) is 6.07 Å². The van der Waals surface area contributed by atoms with E-state index in [9.17, 15) is 13.2 Å². The number of aromatic nitrogens is 2. The molecule has 0 aromatic carbocycles. The molecule has 102 valence electrons. The Balaban J connectivity index is 3.03. The fraction of sp³-hybridized carbons (Fsp3) is 0.636. The van der Waals surface area contributed by atoms with Gasteiger partial charge in [-0.2, -0.15) is 18.2 Å². The average Bonchev–Trinajstić information content (AvgIpc) is 2.24. The first-order valence-corrected chi connectivity index (χ1v) is 5.69. The van der Waals surface area contributed by atoms with Crippen LogP contribution in [0, 0.1) is 0 Å². The normalized spacial score (nSPS) is 11.7. The Hall–Kier alpha value is -1.53. The fourth-order valence-electron chi connectivity index (χ4n) is 1.20. The maximum atomic E-state index is 12.6. The third-order valence-electron chi connectivity index (χ3n) is 1.87. The Bertz CT molecular complexity index is 394. The summed E-state index contributed by atoms with van der Waals surface area (Å²) in [5.41, 5.74) is 0. The molecule has 0 saturated heterocycles. The molecule has 7 heteroatoms. The van der Waals surface area contributed by atoms with Gasteiger partial charge >= 0.3 is 6.18 Å². The zero-order valence-electron chi connectivity index (χ0n) is 10.5. The second-order valence-corrected chi connectivity index (χ2v) is 4.01. The van der Waals surface area contributed by atoms with Crippen molar-refractivity contribution in [1.82, 2.24) is 9.97 Å². The molecule has 0 radical (unpaired) electrons. The zero-order valence-corrected chi connectivity index (χ0v) is 10.5. The van der Waals surface area contributed by atoms with E-state index in [4.69, 9.17) is 4.74 Å². The van der Waals surface area contributed by atoms with Crippen molar-refractivity contribution < 1.29 is 17.9 Å². The van der Waals surface area contributed by atoms with Gasteiger partial charge in [-0.3, -0.25) is 0 Å². The Morgan fingerprint density at radius 2 is 2.00 bits per heavy atom. The standard InChI is InChI=1S/C11H16F3N3O/c1-4-5-15-8-6-9(18-7(2)3)17-10(16-8)11(12,13)14/h6-7H,4-5H2,1-3H3,(H,15,16,17). The maximum absolute atomic E-state index is 12.6. The molecule has 0 aliphatic carbocycles. The van der Waals surface area contributed by atoms with Gasteiger partial charge in [-0.05, 0) is 20.3 Å². The van der Waals surface area contributed by atoms with E-state index < -0.39 is 12.0 Å². The molecular weight excluding hydrogens is 247 g/mol. The van der Waals surface area contributed by atoms with E-state index in [1.807, 2.05) is 6.92 Å². The van der Waals surface area contributed by atoms with Gasteiger partial charge in [0.25, 0.3) is 0 Å². The van der Waals surface area contributed by atoms with Gasteiger partial charge in [0.15, 0.2) is 0 Å². The molecular formula is C11H16F3N3O. The lowest BCUT2D eigenvalue weighted by atomic mass is 10.4. The quantitative estimate of drug-likeness (QED) is 0.886. The number of hydrogen-bond donors (Lipinski definition) is 1.